The summed E-state index contributed by atoms with van der Waals surface area (Å²) in [4.78, 5) is 12.0. The Hall–Kier alpha value is -0.820. The van der Waals surface area contributed by atoms with Crippen LogP contribution in [0.4, 0.5) is 0 Å². The fourth-order valence-corrected chi connectivity index (χ4v) is 4.40. The van der Waals surface area contributed by atoms with Crippen molar-refractivity contribution in [2.24, 2.45) is 0 Å². The number of carbonyl (C=O) groups excluding carboxylic acids is 1. The van der Waals surface area contributed by atoms with Crippen LogP contribution in [0, 0.1) is 0 Å². The smallest absolute Gasteiger partial charge is 0.243 e. The van der Waals surface area contributed by atoms with Gasteiger partial charge in [-0.1, -0.05) is 23.2 Å². The van der Waals surface area contributed by atoms with Crippen LogP contribution in [0.2, 0.25) is 10.0 Å². The first kappa shape index (κ1) is 16.5. The number of amides is 1. The van der Waals surface area contributed by atoms with E-state index in [0.717, 1.165) is 0 Å². The monoisotopic (exact) mass is 350 g/mol. The van der Waals surface area contributed by atoms with Gasteiger partial charge in [0.2, 0.25) is 15.9 Å². The molecule has 116 valence electrons. The van der Waals surface area contributed by atoms with Gasteiger partial charge in [0.25, 0.3) is 0 Å². The minimum absolute atomic E-state index is 0.0492. The third-order valence-corrected chi connectivity index (χ3v) is 6.00. The molecule has 1 heterocycles. The number of halogens is 2. The largest absolute Gasteiger partial charge is 0.355 e. The van der Waals surface area contributed by atoms with Crippen LogP contribution in [0.5, 0.6) is 0 Å². The maximum Gasteiger partial charge on any atom is 0.243 e. The van der Waals surface area contributed by atoms with Crippen LogP contribution in [0.1, 0.15) is 19.8 Å². The molecule has 1 saturated heterocycles. The third kappa shape index (κ3) is 3.34. The van der Waals surface area contributed by atoms with Crippen molar-refractivity contribution in [1.82, 2.24) is 9.62 Å². The molecule has 0 saturated carbocycles. The van der Waals surface area contributed by atoms with E-state index < -0.39 is 16.1 Å². The van der Waals surface area contributed by atoms with E-state index in [-0.39, 0.29) is 20.8 Å². The van der Waals surface area contributed by atoms with Gasteiger partial charge in [-0.2, -0.15) is 4.31 Å². The molecule has 1 N–H and O–H groups in total. The quantitative estimate of drug-likeness (QED) is 0.905. The Morgan fingerprint density at radius 2 is 2.10 bits per heavy atom. The number of hydrogen-bond donors (Lipinski definition) is 1. The van der Waals surface area contributed by atoms with Crippen LogP contribution in [-0.4, -0.2) is 37.8 Å². The second-order valence-electron chi connectivity index (χ2n) is 4.74. The molecule has 1 aromatic carbocycles. The summed E-state index contributed by atoms with van der Waals surface area (Å²) in [5, 5.41) is 3.13. The minimum atomic E-state index is -3.76. The molecule has 0 bridgehead atoms. The molecule has 1 aromatic rings. The molecule has 5 nitrogen and oxygen atoms in total. The number of nitrogens with one attached hydrogen (secondary N) is 1. The highest BCUT2D eigenvalue weighted by molar-refractivity contribution is 7.89. The van der Waals surface area contributed by atoms with Crippen molar-refractivity contribution < 1.29 is 13.2 Å². The van der Waals surface area contributed by atoms with E-state index in [2.05, 4.69) is 5.32 Å². The lowest BCUT2D eigenvalue weighted by Gasteiger charge is -2.23. The highest BCUT2D eigenvalue weighted by Gasteiger charge is 2.39. The second kappa shape index (κ2) is 6.52. The first-order chi connectivity index (χ1) is 9.87. The lowest BCUT2D eigenvalue weighted by molar-refractivity contribution is -0.124. The Morgan fingerprint density at radius 3 is 2.71 bits per heavy atom. The van der Waals surface area contributed by atoms with E-state index in [1.165, 1.54) is 22.5 Å². The molecule has 21 heavy (non-hydrogen) atoms. The first-order valence-corrected chi connectivity index (χ1v) is 8.82. The van der Waals surface area contributed by atoms with Crippen molar-refractivity contribution >= 4 is 39.1 Å². The molecule has 1 atom stereocenters. The number of carbonyl (C=O) groups is 1. The Morgan fingerprint density at radius 1 is 1.38 bits per heavy atom. The SMILES string of the molecule is CCNC(=O)C1CCCN1S(=O)(=O)c1ccc(Cl)c(Cl)c1. The summed E-state index contributed by atoms with van der Waals surface area (Å²) in [5.74, 6) is -0.265. The number of benzene rings is 1. The van der Waals surface area contributed by atoms with Gasteiger partial charge in [-0.3, -0.25) is 4.79 Å². The van der Waals surface area contributed by atoms with E-state index in [0.29, 0.717) is 25.9 Å². The van der Waals surface area contributed by atoms with Gasteiger partial charge in [-0.15, -0.1) is 0 Å². The molecular weight excluding hydrogens is 335 g/mol. The molecule has 1 amide bonds. The number of likely N-dealkylation sites (N-methyl/N-ethyl adjacent to an activating group) is 1. The molecule has 2 rings (SSSR count). The van der Waals surface area contributed by atoms with E-state index in [1.54, 1.807) is 6.92 Å². The second-order valence-corrected chi connectivity index (χ2v) is 7.45. The fraction of sp³-hybridized carbons (Fsp3) is 0.462. The summed E-state index contributed by atoms with van der Waals surface area (Å²) in [5.41, 5.74) is 0. The van der Waals surface area contributed by atoms with Crippen LogP contribution in [-0.2, 0) is 14.8 Å². The first-order valence-electron chi connectivity index (χ1n) is 6.62. The number of hydrogen-bond acceptors (Lipinski definition) is 3. The average molecular weight is 351 g/mol. The van der Waals surface area contributed by atoms with Gasteiger partial charge in [0.1, 0.15) is 6.04 Å². The zero-order chi connectivity index (χ0) is 15.6. The van der Waals surface area contributed by atoms with E-state index in [9.17, 15) is 13.2 Å². The normalized spacial score (nSPS) is 19.7. The lowest BCUT2D eigenvalue weighted by Crippen LogP contribution is -2.45. The molecule has 0 spiro atoms. The maximum atomic E-state index is 12.7. The summed E-state index contributed by atoms with van der Waals surface area (Å²) in [6.07, 6.45) is 1.18. The summed E-state index contributed by atoms with van der Waals surface area (Å²) in [6, 6.07) is 3.49. The van der Waals surface area contributed by atoms with Crippen LogP contribution in [0.25, 0.3) is 0 Å². The molecule has 1 aliphatic heterocycles. The standard InChI is InChI=1S/C13H16Cl2N2O3S/c1-2-16-13(18)12-4-3-7-17(12)21(19,20)9-5-6-10(14)11(15)8-9/h5-6,8,12H,2-4,7H2,1H3,(H,16,18). The summed E-state index contributed by atoms with van der Waals surface area (Å²) >= 11 is 11.7. The van der Waals surface area contributed by atoms with Crippen molar-refractivity contribution in [2.45, 2.75) is 30.7 Å². The van der Waals surface area contributed by atoms with Crippen LogP contribution < -0.4 is 5.32 Å². The van der Waals surface area contributed by atoms with E-state index >= 15 is 0 Å². The van der Waals surface area contributed by atoms with Crippen LogP contribution in [0.15, 0.2) is 23.1 Å². The number of sulfonamides is 1. The fourth-order valence-electron chi connectivity index (χ4n) is 2.35. The zero-order valence-corrected chi connectivity index (χ0v) is 13.8. The van der Waals surface area contributed by atoms with Crippen LogP contribution in [0.3, 0.4) is 0 Å². The van der Waals surface area contributed by atoms with Crippen molar-refractivity contribution in [3.8, 4) is 0 Å². The van der Waals surface area contributed by atoms with E-state index in [4.69, 9.17) is 23.2 Å². The van der Waals surface area contributed by atoms with Crippen LogP contribution >= 0.6 is 23.2 Å². The Balaban J connectivity index is 2.33. The van der Waals surface area contributed by atoms with Gasteiger partial charge in [0, 0.05) is 13.1 Å². The average Bonchev–Trinajstić information content (AvgIpc) is 2.92. The Kier molecular flexibility index (Phi) is 5.14. The summed E-state index contributed by atoms with van der Waals surface area (Å²) in [7, 11) is -3.76. The van der Waals surface area contributed by atoms with Gasteiger partial charge in [0.15, 0.2) is 0 Å². The van der Waals surface area contributed by atoms with Gasteiger partial charge in [-0.25, -0.2) is 8.42 Å². The highest BCUT2D eigenvalue weighted by Crippen LogP contribution is 2.30. The third-order valence-electron chi connectivity index (χ3n) is 3.36. The van der Waals surface area contributed by atoms with Crippen molar-refractivity contribution in [3.63, 3.8) is 0 Å². The Labute approximate surface area is 134 Å². The number of rotatable bonds is 4. The molecule has 0 aromatic heterocycles. The van der Waals surface area contributed by atoms with Gasteiger partial charge >= 0.3 is 0 Å². The molecule has 1 unspecified atom stereocenters. The zero-order valence-electron chi connectivity index (χ0n) is 11.5. The van der Waals surface area contributed by atoms with Crippen molar-refractivity contribution in [1.29, 1.82) is 0 Å². The van der Waals surface area contributed by atoms with Gasteiger partial charge in [-0.05, 0) is 38.0 Å². The lowest BCUT2D eigenvalue weighted by atomic mass is 10.2. The van der Waals surface area contributed by atoms with Gasteiger partial charge in [0.05, 0.1) is 14.9 Å². The highest BCUT2D eigenvalue weighted by atomic mass is 35.5. The molecule has 8 heteroatoms. The molecule has 1 fully saturated rings. The topological polar surface area (TPSA) is 66.5 Å². The molecule has 1 aliphatic rings. The van der Waals surface area contributed by atoms with E-state index in [1.807, 2.05) is 0 Å². The predicted molar refractivity (Wildman–Crippen MR) is 82.1 cm³/mol. The molecule has 0 aliphatic carbocycles. The Bertz CT molecular complexity index is 649. The molecule has 0 radical (unpaired) electrons. The predicted octanol–water partition coefficient (Wildman–Crippen LogP) is 2.28. The maximum absolute atomic E-state index is 12.7. The number of nitrogens with zero attached hydrogens (tertiary/aromatic N) is 1. The minimum Gasteiger partial charge on any atom is -0.355 e. The molecular formula is C13H16Cl2N2O3S. The summed E-state index contributed by atoms with van der Waals surface area (Å²) < 4.78 is 26.6. The van der Waals surface area contributed by atoms with Gasteiger partial charge < -0.3 is 5.32 Å². The summed E-state index contributed by atoms with van der Waals surface area (Å²) in [6.45, 7) is 2.59. The van der Waals surface area contributed by atoms with Crippen molar-refractivity contribution in [3.05, 3.63) is 28.2 Å². The van der Waals surface area contributed by atoms with Crippen molar-refractivity contribution in [2.75, 3.05) is 13.1 Å².